The van der Waals surface area contributed by atoms with Crippen molar-refractivity contribution in [2.24, 2.45) is 5.92 Å². The van der Waals surface area contributed by atoms with Crippen molar-refractivity contribution in [2.75, 3.05) is 5.32 Å². The molecule has 0 aliphatic carbocycles. The second kappa shape index (κ2) is 6.73. The molecule has 2 heterocycles. The molecule has 2 aromatic rings. The Balaban J connectivity index is 2.10. The molecule has 0 aliphatic rings. The Bertz CT molecular complexity index is 673. The Morgan fingerprint density at radius 3 is 2.64 bits per heavy atom. The summed E-state index contributed by atoms with van der Waals surface area (Å²) in [7, 11) is 0. The van der Waals surface area contributed by atoms with Crippen LogP contribution in [0.4, 0.5) is 5.82 Å². The molecule has 1 N–H and O–H groups in total. The smallest absolute Gasteiger partial charge is 0.230 e. The van der Waals surface area contributed by atoms with Crippen molar-refractivity contribution in [1.29, 1.82) is 0 Å². The molecular formula is C17H24N4O. The Kier molecular flexibility index (Phi) is 4.96. The van der Waals surface area contributed by atoms with Crippen LogP contribution < -0.4 is 5.32 Å². The number of pyridine rings is 1. The first-order chi connectivity index (χ1) is 10.4. The third-order valence-corrected chi connectivity index (χ3v) is 3.56. The molecule has 0 saturated heterocycles. The molecule has 0 aromatic carbocycles. The second-order valence-corrected chi connectivity index (χ2v) is 6.11. The maximum atomic E-state index is 12.2. The molecule has 0 spiro atoms. The van der Waals surface area contributed by atoms with Crippen LogP contribution in [0.1, 0.15) is 36.5 Å². The molecule has 0 radical (unpaired) electrons. The predicted molar refractivity (Wildman–Crippen MR) is 87.8 cm³/mol. The van der Waals surface area contributed by atoms with E-state index in [4.69, 9.17) is 0 Å². The number of hydrogen-bond acceptors (Lipinski definition) is 3. The molecule has 5 nitrogen and oxygen atoms in total. The molecular weight excluding hydrogens is 276 g/mol. The number of carbonyl (C=O) groups excluding carboxylic acids is 1. The van der Waals surface area contributed by atoms with E-state index in [0.29, 0.717) is 18.2 Å². The Labute approximate surface area is 131 Å². The van der Waals surface area contributed by atoms with Gasteiger partial charge in [0.05, 0.1) is 12.1 Å². The van der Waals surface area contributed by atoms with E-state index in [9.17, 15) is 4.79 Å². The standard InChI is InChI=1S/C17H24N4O/c1-11(2)10-21-14(5)15(13(4)20-21)9-17(22)19-16-8-6-7-12(3)18-16/h6-8,11H,9-10H2,1-5H3,(H,18,19,22). The van der Waals surface area contributed by atoms with Gasteiger partial charge in [-0.15, -0.1) is 0 Å². The lowest BCUT2D eigenvalue weighted by molar-refractivity contribution is -0.115. The van der Waals surface area contributed by atoms with Crippen molar-refractivity contribution < 1.29 is 4.79 Å². The van der Waals surface area contributed by atoms with E-state index in [-0.39, 0.29) is 5.91 Å². The third kappa shape index (κ3) is 3.93. The van der Waals surface area contributed by atoms with Crippen molar-refractivity contribution in [3.8, 4) is 0 Å². The highest BCUT2D eigenvalue weighted by Crippen LogP contribution is 2.16. The minimum atomic E-state index is -0.0617. The first kappa shape index (κ1) is 16.2. The van der Waals surface area contributed by atoms with Gasteiger partial charge in [0.15, 0.2) is 0 Å². The fourth-order valence-corrected chi connectivity index (χ4v) is 2.47. The van der Waals surface area contributed by atoms with Crippen LogP contribution in [-0.2, 0) is 17.8 Å². The van der Waals surface area contributed by atoms with Gasteiger partial charge in [-0.1, -0.05) is 19.9 Å². The quantitative estimate of drug-likeness (QED) is 0.923. The Morgan fingerprint density at radius 2 is 2.00 bits per heavy atom. The summed E-state index contributed by atoms with van der Waals surface area (Å²) < 4.78 is 1.99. The van der Waals surface area contributed by atoms with Crippen molar-refractivity contribution >= 4 is 11.7 Å². The lowest BCUT2D eigenvalue weighted by Gasteiger charge is -2.08. The van der Waals surface area contributed by atoms with Crippen LogP contribution in [-0.4, -0.2) is 20.7 Å². The van der Waals surface area contributed by atoms with Gasteiger partial charge in [0, 0.05) is 23.5 Å². The monoisotopic (exact) mass is 300 g/mol. The lowest BCUT2D eigenvalue weighted by Crippen LogP contribution is -2.16. The largest absolute Gasteiger partial charge is 0.310 e. The number of aromatic nitrogens is 3. The summed E-state index contributed by atoms with van der Waals surface area (Å²) in [5.41, 5.74) is 3.88. The maximum Gasteiger partial charge on any atom is 0.230 e. The Morgan fingerprint density at radius 1 is 1.27 bits per heavy atom. The summed E-state index contributed by atoms with van der Waals surface area (Å²) in [6.45, 7) is 11.1. The van der Waals surface area contributed by atoms with E-state index >= 15 is 0 Å². The molecule has 1 amide bonds. The van der Waals surface area contributed by atoms with E-state index in [0.717, 1.165) is 29.2 Å². The molecule has 2 aromatic heterocycles. The predicted octanol–water partition coefficient (Wildman–Crippen LogP) is 3.04. The highest BCUT2D eigenvalue weighted by molar-refractivity contribution is 5.91. The summed E-state index contributed by atoms with van der Waals surface area (Å²) in [4.78, 5) is 16.5. The SMILES string of the molecule is Cc1cccc(NC(=O)Cc2c(C)nn(CC(C)C)c2C)n1. The zero-order valence-corrected chi connectivity index (χ0v) is 14.0. The van der Waals surface area contributed by atoms with E-state index < -0.39 is 0 Å². The van der Waals surface area contributed by atoms with Gasteiger partial charge in [-0.25, -0.2) is 4.98 Å². The number of hydrogen-bond donors (Lipinski definition) is 1. The molecule has 0 unspecified atom stereocenters. The van der Waals surface area contributed by atoms with Crippen LogP contribution in [0.2, 0.25) is 0 Å². The highest BCUT2D eigenvalue weighted by Gasteiger charge is 2.15. The zero-order valence-electron chi connectivity index (χ0n) is 14.0. The van der Waals surface area contributed by atoms with Gasteiger partial charge in [0.25, 0.3) is 0 Å². The van der Waals surface area contributed by atoms with Crippen molar-refractivity contribution in [1.82, 2.24) is 14.8 Å². The minimum absolute atomic E-state index is 0.0617. The van der Waals surface area contributed by atoms with Crippen LogP contribution in [0.15, 0.2) is 18.2 Å². The summed E-state index contributed by atoms with van der Waals surface area (Å²) in [6, 6.07) is 5.59. The average Bonchev–Trinajstić information content (AvgIpc) is 2.66. The molecule has 118 valence electrons. The summed E-state index contributed by atoms with van der Waals surface area (Å²) in [6.07, 6.45) is 0.325. The summed E-state index contributed by atoms with van der Waals surface area (Å²) in [5.74, 6) is 1.06. The number of rotatable bonds is 5. The fourth-order valence-electron chi connectivity index (χ4n) is 2.47. The van der Waals surface area contributed by atoms with Crippen LogP contribution in [0.5, 0.6) is 0 Å². The van der Waals surface area contributed by atoms with Crippen LogP contribution in [0.25, 0.3) is 0 Å². The number of amides is 1. The van der Waals surface area contributed by atoms with E-state index in [1.807, 2.05) is 37.6 Å². The summed E-state index contributed by atoms with van der Waals surface area (Å²) >= 11 is 0. The van der Waals surface area contributed by atoms with Crippen LogP contribution in [0, 0.1) is 26.7 Å². The van der Waals surface area contributed by atoms with Crippen molar-refractivity contribution in [3.05, 3.63) is 40.8 Å². The lowest BCUT2D eigenvalue weighted by atomic mass is 10.1. The minimum Gasteiger partial charge on any atom is -0.310 e. The van der Waals surface area contributed by atoms with Crippen molar-refractivity contribution in [3.63, 3.8) is 0 Å². The van der Waals surface area contributed by atoms with E-state index in [1.54, 1.807) is 6.07 Å². The van der Waals surface area contributed by atoms with E-state index in [2.05, 4.69) is 29.2 Å². The normalized spacial score (nSPS) is 11.0. The topological polar surface area (TPSA) is 59.8 Å². The first-order valence-electron chi connectivity index (χ1n) is 7.63. The van der Waals surface area contributed by atoms with Gasteiger partial charge in [-0.05, 0) is 38.8 Å². The number of aryl methyl sites for hydroxylation is 2. The highest BCUT2D eigenvalue weighted by atomic mass is 16.1. The van der Waals surface area contributed by atoms with Crippen LogP contribution >= 0.6 is 0 Å². The molecule has 0 fully saturated rings. The molecule has 0 aliphatic heterocycles. The van der Waals surface area contributed by atoms with Gasteiger partial charge in [-0.3, -0.25) is 9.48 Å². The zero-order chi connectivity index (χ0) is 16.3. The van der Waals surface area contributed by atoms with E-state index in [1.165, 1.54) is 0 Å². The number of nitrogens with one attached hydrogen (secondary N) is 1. The van der Waals surface area contributed by atoms with Gasteiger partial charge in [0.1, 0.15) is 5.82 Å². The number of anilines is 1. The first-order valence-corrected chi connectivity index (χ1v) is 7.63. The number of nitrogens with zero attached hydrogens (tertiary/aromatic N) is 3. The molecule has 22 heavy (non-hydrogen) atoms. The molecule has 2 rings (SSSR count). The van der Waals surface area contributed by atoms with Gasteiger partial charge in [-0.2, -0.15) is 5.10 Å². The molecule has 0 bridgehead atoms. The second-order valence-electron chi connectivity index (χ2n) is 6.11. The number of carbonyl (C=O) groups is 1. The third-order valence-electron chi connectivity index (χ3n) is 3.56. The average molecular weight is 300 g/mol. The van der Waals surface area contributed by atoms with Gasteiger partial charge < -0.3 is 5.32 Å². The fraction of sp³-hybridized carbons (Fsp3) is 0.471. The van der Waals surface area contributed by atoms with Gasteiger partial charge in [0.2, 0.25) is 5.91 Å². The van der Waals surface area contributed by atoms with Crippen molar-refractivity contribution in [2.45, 2.75) is 47.6 Å². The molecule has 5 heteroatoms. The molecule has 0 saturated carbocycles. The maximum absolute atomic E-state index is 12.2. The van der Waals surface area contributed by atoms with Crippen LogP contribution in [0.3, 0.4) is 0 Å². The molecule has 0 atom stereocenters. The Hall–Kier alpha value is -2.17. The van der Waals surface area contributed by atoms with Gasteiger partial charge >= 0.3 is 0 Å². The summed E-state index contributed by atoms with van der Waals surface area (Å²) in [5, 5.41) is 7.39.